The number of nitrogens with one attached hydrogen (secondary N) is 1. The number of para-hydroxylation sites is 3. The summed E-state index contributed by atoms with van der Waals surface area (Å²) in [6.45, 7) is 0. The molecule has 0 aromatic heterocycles. The van der Waals surface area contributed by atoms with Crippen LogP contribution in [-0.2, 0) is 11.0 Å². The van der Waals surface area contributed by atoms with Crippen LogP contribution in [-0.4, -0.2) is 4.21 Å². The highest BCUT2D eigenvalue weighted by Gasteiger charge is 2.11. The summed E-state index contributed by atoms with van der Waals surface area (Å²) in [6, 6.07) is 26.2. The minimum atomic E-state index is -1.39. The number of anilines is 1. The molecule has 0 fully saturated rings. The van der Waals surface area contributed by atoms with Crippen molar-refractivity contribution in [2.75, 3.05) is 4.72 Å². The third-order valence-corrected chi connectivity index (χ3v) is 4.16. The van der Waals surface area contributed by atoms with Crippen molar-refractivity contribution >= 4 is 16.7 Å². The van der Waals surface area contributed by atoms with Crippen LogP contribution in [0.3, 0.4) is 0 Å². The summed E-state index contributed by atoms with van der Waals surface area (Å²) in [5, 5.41) is 0. The van der Waals surface area contributed by atoms with Crippen molar-refractivity contribution in [1.82, 2.24) is 0 Å². The normalized spacial score (nSPS) is 11.6. The second-order valence-electron chi connectivity index (χ2n) is 4.60. The van der Waals surface area contributed by atoms with Gasteiger partial charge in [0.2, 0.25) is 0 Å². The number of hydrogen-bond donors (Lipinski definition) is 1. The maximum absolute atomic E-state index is 12.5. The monoisotopic (exact) mass is 309 g/mol. The average molecular weight is 309 g/mol. The number of hydrogen-bond acceptors (Lipinski definition) is 2. The lowest BCUT2D eigenvalue weighted by molar-refractivity contribution is 0.470. The average Bonchev–Trinajstić information content (AvgIpc) is 2.57. The molecule has 3 aromatic rings. The van der Waals surface area contributed by atoms with Crippen LogP contribution in [0.1, 0.15) is 0 Å². The Bertz CT molecular complexity index is 760. The van der Waals surface area contributed by atoms with Crippen LogP contribution in [0.15, 0.2) is 89.8 Å². The summed E-state index contributed by atoms with van der Waals surface area (Å²) in [5.41, 5.74) is 0.801. The molecule has 0 aliphatic heterocycles. The molecular weight excluding hydrogens is 294 g/mol. The highest BCUT2D eigenvalue weighted by Crippen LogP contribution is 2.28. The highest BCUT2D eigenvalue weighted by molar-refractivity contribution is 7.86. The zero-order chi connectivity index (χ0) is 15.2. The van der Waals surface area contributed by atoms with E-state index in [0.717, 1.165) is 5.69 Å². The van der Waals surface area contributed by atoms with E-state index in [9.17, 15) is 4.21 Å². The Labute approximate surface area is 132 Å². The predicted molar refractivity (Wildman–Crippen MR) is 89.4 cm³/mol. The predicted octanol–water partition coefficient (Wildman–Crippen LogP) is 4.61. The maximum Gasteiger partial charge on any atom is 0.154 e. The molecule has 0 heterocycles. The second kappa shape index (κ2) is 6.91. The Morgan fingerprint density at radius 1 is 0.727 bits per heavy atom. The van der Waals surface area contributed by atoms with Crippen molar-refractivity contribution in [2.45, 2.75) is 4.90 Å². The molecule has 0 saturated carbocycles. The Morgan fingerprint density at radius 2 is 1.32 bits per heavy atom. The van der Waals surface area contributed by atoms with Crippen molar-refractivity contribution in [3.63, 3.8) is 0 Å². The van der Waals surface area contributed by atoms with E-state index >= 15 is 0 Å². The molecule has 0 radical (unpaired) electrons. The molecule has 0 saturated heterocycles. The van der Waals surface area contributed by atoms with E-state index < -0.39 is 11.0 Å². The van der Waals surface area contributed by atoms with E-state index in [4.69, 9.17) is 4.74 Å². The molecule has 0 aliphatic rings. The third-order valence-electron chi connectivity index (χ3n) is 3.00. The Hall–Kier alpha value is -2.59. The molecule has 4 heteroatoms. The van der Waals surface area contributed by atoms with Gasteiger partial charge in [-0.2, -0.15) is 0 Å². The van der Waals surface area contributed by atoms with Gasteiger partial charge in [-0.05, 0) is 36.4 Å². The zero-order valence-corrected chi connectivity index (χ0v) is 12.6. The largest absolute Gasteiger partial charge is 0.456 e. The van der Waals surface area contributed by atoms with E-state index in [1.807, 2.05) is 78.9 Å². The number of ether oxygens (including phenoxy) is 1. The van der Waals surface area contributed by atoms with Crippen molar-refractivity contribution in [3.8, 4) is 11.5 Å². The van der Waals surface area contributed by atoms with Gasteiger partial charge < -0.3 is 9.46 Å². The van der Waals surface area contributed by atoms with Crippen LogP contribution in [0.25, 0.3) is 0 Å². The highest BCUT2D eigenvalue weighted by atomic mass is 32.2. The first kappa shape index (κ1) is 14.4. The zero-order valence-electron chi connectivity index (χ0n) is 11.8. The van der Waals surface area contributed by atoms with Crippen LogP contribution >= 0.6 is 0 Å². The van der Waals surface area contributed by atoms with Crippen LogP contribution in [0.5, 0.6) is 11.5 Å². The molecule has 0 amide bonds. The Morgan fingerprint density at radius 3 is 2.05 bits per heavy atom. The Kier molecular flexibility index (Phi) is 4.51. The fourth-order valence-corrected chi connectivity index (χ4v) is 2.93. The fourth-order valence-electron chi connectivity index (χ4n) is 1.97. The van der Waals surface area contributed by atoms with Crippen molar-refractivity contribution in [1.29, 1.82) is 0 Å². The first-order chi connectivity index (χ1) is 10.8. The molecule has 0 spiro atoms. The first-order valence-corrected chi connectivity index (χ1v) is 8.03. The van der Waals surface area contributed by atoms with Gasteiger partial charge in [0, 0.05) is 5.69 Å². The standard InChI is InChI=1S/C18H15NO2S/c20-22(19-15-9-3-1-4-10-15)18-14-8-7-13-17(18)21-16-11-5-2-6-12-16/h1-14,19H/t22-/m1/s1. The molecular formula is C18H15NO2S. The van der Waals surface area contributed by atoms with Crippen molar-refractivity contribution in [3.05, 3.63) is 84.9 Å². The molecule has 3 nitrogen and oxygen atoms in total. The first-order valence-electron chi connectivity index (χ1n) is 6.88. The summed E-state index contributed by atoms with van der Waals surface area (Å²) >= 11 is 0. The molecule has 110 valence electrons. The topological polar surface area (TPSA) is 38.3 Å². The van der Waals surface area contributed by atoms with E-state index in [0.29, 0.717) is 16.4 Å². The summed E-state index contributed by atoms with van der Waals surface area (Å²) < 4.78 is 21.4. The summed E-state index contributed by atoms with van der Waals surface area (Å²) in [6.07, 6.45) is 0. The molecule has 0 aliphatic carbocycles. The summed E-state index contributed by atoms with van der Waals surface area (Å²) in [5.74, 6) is 1.29. The van der Waals surface area contributed by atoms with Gasteiger partial charge in [0.15, 0.2) is 11.0 Å². The second-order valence-corrected chi connectivity index (χ2v) is 5.78. The lowest BCUT2D eigenvalue weighted by Gasteiger charge is -2.11. The summed E-state index contributed by atoms with van der Waals surface area (Å²) in [4.78, 5) is 0.607. The van der Waals surface area contributed by atoms with E-state index in [-0.39, 0.29) is 0 Å². The van der Waals surface area contributed by atoms with Gasteiger partial charge in [0.1, 0.15) is 16.4 Å². The van der Waals surface area contributed by atoms with Gasteiger partial charge in [-0.1, -0.05) is 48.5 Å². The molecule has 22 heavy (non-hydrogen) atoms. The molecule has 1 N–H and O–H groups in total. The lowest BCUT2D eigenvalue weighted by atomic mass is 10.3. The fraction of sp³-hybridized carbons (Fsp3) is 0. The van der Waals surface area contributed by atoms with Crippen LogP contribution in [0.2, 0.25) is 0 Å². The van der Waals surface area contributed by atoms with Crippen LogP contribution < -0.4 is 9.46 Å². The van der Waals surface area contributed by atoms with E-state index in [2.05, 4.69) is 4.72 Å². The molecule has 0 bridgehead atoms. The lowest BCUT2D eigenvalue weighted by Crippen LogP contribution is -2.05. The minimum Gasteiger partial charge on any atom is -0.456 e. The summed E-state index contributed by atoms with van der Waals surface area (Å²) in [7, 11) is -1.39. The maximum atomic E-state index is 12.5. The molecule has 3 rings (SSSR count). The molecule has 1 atom stereocenters. The van der Waals surface area contributed by atoms with Crippen molar-refractivity contribution in [2.24, 2.45) is 0 Å². The van der Waals surface area contributed by atoms with Gasteiger partial charge in [-0.3, -0.25) is 0 Å². The quantitative estimate of drug-likeness (QED) is 0.747. The van der Waals surface area contributed by atoms with Gasteiger partial charge >= 0.3 is 0 Å². The van der Waals surface area contributed by atoms with Gasteiger partial charge in [0.05, 0.1) is 0 Å². The van der Waals surface area contributed by atoms with Crippen LogP contribution in [0, 0.1) is 0 Å². The molecule has 0 unspecified atom stereocenters. The van der Waals surface area contributed by atoms with Gasteiger partial charge in [0.25, 0.3) is 0 Å². The van der Waals surface area contributed by atoms with Crippen molar-refractivity contribution < 1.29 is 8.95 Å². The van der Waals surface area contributed by atoms with E-state index in [1.165, 1.54) is 0 Å². The number of rotatable bonds is 5. The van der Waals surface area contributed by atoms with Gasteiger partial charge in [-0.25, -0.2) is 4.21 Å². The van der Waals surface area contributed by atoms with Gasteiger partial charge in [-0.15, -0.1) is 0 Å². The smallest absolute Gasteiger partial charge is 0.154 e. The SMILES string of the molecule is O=[S@@](Nc1ccccc1)c1ccccc1Oc1ccccc1. The van der Waals surface area contributed by atoms with Crippen LogP contribution in [0.4, 0.5) is 5.69 Å². The number of benzene rings is 3. The minimum absolute atomic E-state index is 0.579. The Balaban J connectivity index is 1.83. The molecule has 3 aromatic carbocycles. The third kappa shape index (κ3) is 3.54. The van der Waals surface area contributed by atoms with E-state index in [1.54, 1.807) is 6.07 Å².